The first kappa shape index (κ1) is 11.9. The SMILES string of the molecule is CCC(CC(N)=S)N1CCCC(C)C1. The molecule has 3 heteroatoms. The highest BCUT2D eigenvalue weighted by atomic mass is 32.1. The van der Waals surface area contributed by atoms with E-state index in [-0.39, 0.29) is 0 Å². The number of likely N-dealkylation sites (tertiary alicyclic amines) is 1. The van der Waals surface area contributed by atoms with E-state index in [1.807, 2.05) is 0 Å². The molecule has 2 N–H and O–H groups in total. The fourth-order valence-electron chi connectivity index (χ4n) is 2.32. The molecule has 0 aromatic rings. The summed E-state index contributed by atoms with van der Waals surface area (Å²) in [6, 6.07) is 0.579. The Morgan fingerprint density at radius 3 is 2.86 bits per heavy atom. The van der Waals surface area contributed by atoms with E-state index < -0.39 is 0 Å². The van der Waals surface area contributed by atoms with Crippen LogP contribution in [0, 0.1) is 5.92 Å². The van der Waals surface area contributed by atoms with Gasteiger partial charge >= 0.3 is 0 Å². The average Bonchev–Trinajstić information content (AvgIpc) is 2.14. The Morgan fingerprint density at radius 2 is 2.36 bits per heavy atom. The van der Waals surface area contributed by atoms with E-state index in [9.17, 15) is 0 Å². The van der Waals surface area contributed by atoms with Crippen molar-refractivity contribution in [1.82, 2.24) is 4.90 Å². The Labute approximate surface area is 92.8 Å². The maximum Gasteiger partial charge on any atom is 0.0743 e. The fourth-order valence-corrected chi connectivity index (χ4v) is 2.51. The topological polar surface area (TPSA) is 29.3 Å². The highest BCUT2D eigenvalue weighted by Gasteiger charge is 2.22. The van der Waals surface area contributed by atoms with E-state index in [0.29, 0.717) is 11.0 Å². The van der Waals surface area contributed by atoms with Gasteiger partial charge in [0.15, 0.2) is 0 Å². The maximum atomic E-state index is 5.62. The number of nitrogens with two attached hydrogens (primary N) is 1. The molecule has 0 amide bonds. The van der Waals surface area contributed by atoms with Crippen molar-refractivity contribution in [3.8, 4) is 0 Å². The van der Waals surface area contributed by atoms with Gasteiger partial charge in [-0.1, -0.05) is 26.1 Å². The van der Waals surface area contributed by atoms with Gasteiger partial charge in [0, 0.05) is 19.0 Å². The molecule has 1 fully saturated rings. The Morgan fingerprint density at radius 1 is 1.64 bits per heavy atom. The number of hydrogen-bond acceptors (Lipinski definition) is 2. The summed E-state index contributed by atoms with van der Waals surface area (Å²) in [6.07, 6.45) is 4.75. The summed E-state index contributed by atoms with van der Waals surface area (Å²) in [6.45, 7) is 7.01. The molecule has 0 spiro atoms. The first-order chi connectivity index (χ1) is 6.63. The minimum absolute atomic E-state index is 0.579. The van der Waals surface area contributed by atoms with Crippen molar-refractivity contribution in [2.45, 2.75) is 45.6 Å². The summed E-state index contributed by atoms with van der Waals surface area (Å²) in [5.41, 5.74) is 5.62. The smallest absolute Gasteiger partial charge is 0.0743 e. The fraction of sp³-hybridized carbons (Fsp3) is 0.909. The van der Waals surface area contributed by atoms with Crippen LogP contribution >= 0.6 is 12.2 Å². The number of nitrogens with zero attached hydrogens (tertiary/aromatic N) is 1. The van der Waals surface area contributed by atoms with Gasteiger partial charge in [-0.05, 0) is 31.7 Å². The molecule has 14 heavy (non-hydrogen) atoms. The lowest BCUT2D eigenvalue weighted by Gasteiger charge is -2.36. The predicted molar refractivity (Wildman–Crippen MR) is 65.5 cm³/mol. The lowest BCUT2D eigenvalue weighted by atomic mass is 9.97. The molecular weight excluding hydrogens is 192 g/mol. The molecular formula is C11H22N2S. The maximum absolute atomic E-state index is 5.62. The van der Waals surface area contributed by atoms with Gasteiger partial charge in [0.2, 0.25) is 0 Å². The Bertz CT molecular complexity index is 194. The monoisotopic (exact) mass is 214 g/mol. The summed E-state index contributed by atoms with van der Waals surface area (Å²) in [5, 5.41) is 0. The second-order valence-corrected chi connectivity index (χ2v) is 5.00. The van der Waals surface area contributed by atoms with Crippen molar-refractivity contribution >= 4 is 17.2 Å². The third-order valence-electron chi connectivity index (χ3n) is 3.11. The van der Waals surface area contributed by atoms with Crippen LogP contribution < -0.4 is 5.73 Å². The molecule has 1 rings (SSSR count). The number of rotatable bonds is 4. The quantitative estimate of drug-likeness (QED) is 0.727. The normalized spacial score (nSPS) is 26.0. The number of thiocarbonyl (C=S) groups is 1. The average molecular weight is 214 g/mol. The van der Waals surface area contributed by atoms with Crippen molar-refractivity contribution in [3.05, 3.63) is 0 Å². The van der Waals surface area contributed by atoms with Crippen LogP contribution in [0.3, 0.4) is 0 Å². The Balaban J connectivity index is 2.46. The van der Waals surface area contributed by atoms with Crippen LogP contribution in [0.2, 0.25) is 0 Å². The molecule has 2 nitrogen and oxygen atoms in total. The molecule has 0 bridgehead atoms. The van der Waals surface area contributed by atoms with E-state index in [0.717, 1.165) is 18.8 Å². The first-order valence-corrected chi connectivity index (χ1v) is 6.06. The standard InChI is InChI=1S/C11H22N2S/c1-3-10(7-11(12)14)13-6-4-5-9(2)8-13/h9-10H,3-8H2,1-2H3,(H2,12,14). The van der Waals surface area contributed by atoms with Crippen molar-refractivity contribution < 1.29 is 0 Å². The van der Waals surface area contributed by atoms with Gasteiger partial charge in [-0.2, -0.15) is 0 Å². The van der Waals surface area contributed by atoms with Gasteiger partial charge < -0.3 is 5.73 Å². The molecule has 2 unspecified atom stereocenters. The van der Waals surface area contributed by atoms with Crippen LogP contribution in [0.5, 0.6) is 0 Å². The highest BCUT2D eigenvalue weighted by Crippen LogP contribution is 2.20. The predicted octanol–water partition coefficient (Wildman–Crippen LogP) is 2.17. The molecule has 0 aromatic heterocycles. The third-order valence-corrected chi connectivity index (χ3v) is 3.28. The van der Waals surface area contributed by atoms with Crippen molar-refractivity contribution in [3.63, 3.8) is 0 Å². The van der Waals surface area contributed by atoms with Gasteiger partial charge in [0.05, 0.1) is 4.99 Å². The highest BCUT2D eigenvalue weighted by molar-refractivity contribution is 7.80. The van der Waals surface area contributed by atoms with Gasteiger partial charge in [0.1, 0.15) is 0 Å². The van der Waals surface area contributed by atoms with Crippen molar-refractivity contribution in [2.24, 2.45) is 11.7 Å². The van der Waals surface area contributed by atoms with Gasteiger partial charge in [-0.15, -0.1) is 0 Å². The van der Waals surface area contributed by atoms with Crippen molar-refractivity contribution in [2.75, 3.05) is 13.1 Å². The first-order valence-electron chi connectivity index (χ1n) is 5.65. The van der Waals surface area contributed by atoms with Gasteiger partial charge in [0.25, 0.3) is 0 Å². The van der Waals surface area contributed by atoms with E-state index >= 15 is 0 Å². The van der Waals surface area contributed by atoms with E-state index in [1.54, 1.807) is 0 Å². The van der Waals surface area contributed by atoms with E-state index in [2.05, 4.69) is 18.7 Å². The summed E-state index contributed by atoms with van der Waals surface area (Å²) in [7, 11) is 0. The molecule has 82 valence electrons. The molecule has 1 aliphatic heterocycles. The second kappa shape index (κ2) is 5.66. The molecule has 0 radical (unpaired) electrons. The summed E-state index contributed by atoms with van der Waals surface area (Å²) < 4.78 is 0. The minimum atomic E-state index is 0.579. The molecule has 0 aromatic carbocycles. The zero-order valence-corrected chi connectivity index (χ0v) is 10.1. The van der Waals surface area contributed by atoms with Crippen LogP contribution in [0.15, 0.2) is 0 Å². The molecule has 1 saturated heterocycles. The zero-order valence-electron chi connectivity index (χ0n) is 9.33. The van der Waals surface area contributed by atoms with Crippen LogP contribution in [0.25, 0.3) is 0 Å². The second-order valence-electron chi connectivity index (χ2n) is 4.47. The Kier molecular flexibility index (Phi) is 4.82. The van der Waals surface area contributed by atoms with Crippen molar-refractivity contribution in [1.29, 1.82) is 0 Å². The molecule has 0 saturated carbocycles. The molecule has 0 aliphatic carbocycles. The minimum Gasteiger partial charge on any atom is -0.393 e. The molecule has 2 atom stereocenters. The van der Waals surface area contributed by atoms with Crippen LogP contribution in [-0.4, -0.2) is 29.0 Å². The van der Waals surface area contributed by atoms with Gasteiger partial charge in [-0.3, -0.25) is 4.90 Å². The van der Waals surface area contributed by atoms with E-state index in [1.165, 1.54) is 25.9 Å². The molecule has 1 heterocycles. The zero-order chi connectivity index (χ0) is 10.6. The largest absolute Gasteiger partial charge is 0.393 e. The molecule has 1 aliphatic rings. The lowest BCUT2D eigenvalue weighted by Crippen LogP contribution is -2.43. The van der Waals surface area contributed by atoms with E-state index in [4.69, 9.17) is 18.0 Å². The van der Waals surface area contributed by atoms with Crippen LogP contribution in [0.4, 0.5) is 0 Å². The third kappa shape index (κ3) is 3.54. The summed E-state index contributed by atoms with van der Waals surface area (Å²) >= 11 is 4.99. The number of hydrogen-bond donors (Lipinski definition) is 1. The summed E-state index contributed by atoms with van der Waals surface area (Å²) in [5.74, 6) is 0.837. The van der Waals surface area contributed by atoms with Crippen LogP contribution in [-0.2, 0) is 0 Å². The Hall–Kier alpha value is -0.150. The van der Waals surface area contributed by atoms with Gasteiger partial charge in [-0.25, -0.2) is 0 Å². The summed E-state index contributed by atoms with van der Waals surface area (Å²) in [4.78, 5) is 3.22. The lowest BCUT2D eigenvalue weighted by molar-refractivity contribution is 0.130. The number of piperidine rings is 1. The van der Waals surface area contributed by atoms with Crippen LogP contribution in [0.1, 0.15) is 39.5 Å².